The lowest BCUT2D eigenvalue weighted by Crippen LogP contribution is -2.33. The number of nitrogens with zero attached hydrogens (tertiary/aromatic N) is 1. The quantitative estimate of drug-likeness (QED) is 0.520. The van der Waals surface area contributed by atoms with E-state index >= 15 is 0 Å². The summed E-state index contributed by atoms with van der Waals surface area (Å²) < 4.78 is 30.6. The van der Waals surface area contributed by atoms with Gasteiger partial charge in [-0.05, 0) is 31.2 Å². The summed E-state index contributed by atoms with van der Waals surface area (Å²) in [5.74, 6) is -0.443. The number of rotatable bonds is 7. The number of fused-ring (bicyclic) bond motifs is 1. The number of benzene rings is 2. The Morgan fingerprint density at radius 3 is 2.52 bits per heavy atom. The first-order valence-corrected chi connectivity index (χ1v) is 10.8. The van der Waals surface area contributed by atoms with E-state index in [1.54, 1.807) is 23.9 Å². The summed E-state index contributed by atoms with van der Waals surface area (Å²) in [6, 6.07) is 14.1. The molecule has 0 bridgehead atoms. The maximum atomic E-state index is 12.4. The maximum absolute atomic E-state index is 12.4. The van der Waals surface area contributed by atoms with Gasteiger partial charge in [-0.3, -0.25) is 9.59 Å². The van der Waals surface area contributed by atoms with Crippen LogP contribution in [-0.2, 0) is 19.6 Å². The molecule has 0 aromatic heterocycles. The monoisotopic (exact) mass is 405 g/mol. The van der Waals surface area contributed by atoms with E-state index in [0.29, 0.717) is 5.75 Å². The molecule has 2 aromatic carbocycles. The SMILES string of the molecule is Cc1ccc(SCCC(=O)OCCN2C(=O)c3ccccc3S2(=O)=O)cc1. The second-order valence-electron chi connectivity index (χ2n) is 6.01. The second-order valence-corrected chi connectivity index (χ2v) is 9.01. The van der Waals surface area contributed by atoms with Crippen LogP contribution in [0.4, 0.5) is 0 Å². The van der Waals surface area contributed by atoms with Crippen molar-refractivity contribution in [2.24, 2.45) is 0 Å². The number of carbonyl (C=O) groups is 2. The smallest absolute Gasteiger partial charge is 0.306 e. The maximum Gasteiger partial charge on any atom is 0.306 e. The van der Waals surface area contributed by atoms with Crippen molar-refractivity contribution in [2.75, 3.05) is 18.9 Å². The Hall–Kier alpha value is -2.32. The molecule has 142 valence electrons. The second kappa shape index (κ2) is 8.14. The minimum Gasteiger partial charge on any atom is -0.464 e. The van der Waals surface area contributed by atoms with E-state index in [2.05, 4.69) is 0 Å². The summed E-state index contributed by atoms with van der Waals surface area (Å²) in [7, 11) is -3.86. The van der Waals surface area contributed by atoms with Crippen molar-refractivity contribution in [3.05, 3.63) is 59.7 Å². The van der Waals surface area contributed by atoms with Crippen molar-refractivity contribution in [3.63, 3.8) is 0 Å². The highest BCUT2D eigenvalue weighted by atomic mass is 32.2. The van der Waals surface area contributed by atoms with E-state index in [0.717, 1.165) is 9.20 Å². The zero-order valence-electron chi connectivity index (χ0n) is 14.8. The number of aryl methyl sites for hydroxylation is 1. The Kier molecular flexibility index (Phi) is 5.86. The topological polar surface area (TPSA) is 80.8 Å². The fraction of sp³-hybridized carbons (Fsp3) is 0.263. The molecule has 27 heavy (non-hydrogen) atoms. The van der Waals surface area contributed by atoms with E-state index in [1.165, 1.54) is 17.7 Å². The van der Waals surface area contributed by atoms with Crippen molar-refractivity contribution in [1.82, 2.24) is 4.31 Å². The van der Waals surface area contributed by atoms with Crippen LogP contribution in [-0.4, -0.2) is 43.5 Å². The van der Waals surface area contributed by atoms with Gasteiger partial charge >= 0.3 is 5.97 Å². The summed E-state index contributed by atoms with van der Waals surface area (Å²) in [4.78, 5) is 25.1. The zero-order chi connectivity index (χ0) is 19.4. The van der Waals surface area contributed by atoms with Crippen molar-refractivity contribution in [3.8, 4) is 0 Å². The third kappa shape index (κ3) is 4.33. The summed E-state index contributed by atoms with van der Waals surface area (Å²) in [6.07, 6.45) is 0.208. The Balaban J connectivity index is 1.45. The molecule has 8 heteroatoms. The van der Waals surface area contributed by atoms with Crippen molar-refractivity contribution >= 4 is 33.7 Å². The van der Waals surface area contributed by atoms with Crippen LogP contribution >= 0.6 is 11.8 Å². The van der Waals surface area contributed by atoms with Gasteiger partial charge in [0.1, 0.15) is 11.5 Å². The molecule has 1 aliphatic heterocycles. The van der Waals surface area contributed by atoms with Crippen LogP contribution < -0.4 is 0 Å². The molecule has 0 fully saturated rings. The number of esters is 1. The van der Waals surface area contributed by atoms with Gasteiger partial charge in [-0.25, -0.2) is 12.7 Å². The molecule has 6 nitrogen and oxygen atoms in total. The summed E-state index contributed by atoms with van der Waals surface area (Å²) in [5.41, 5.74) is 1.32. The lowest BCUT2D eigenvalue weighted by molar-refractivity contribution is -0.143. The molecular formula is C19H19NO5S2. The summed E-state index contributed by atoms with van der Waals surface area (Å²) in [6.45, 7) is 1.66. The van der Waals surface area contributed by atoms with Crippen molar-refractivity contribution in [2.45, 2.75) is 23.1 Å². The molecule has 3 rings (SSSR count). The first-order valence-electron chi connectivity index (χ1n) is 8.41. The molecule has 0 unspecified atom stereocenters. The van der Waals surface area contributed by atoms with Crippen LogP contribution in [0.3, 0.4) is 0 Å². The Morgan fingerprint density at radius 2 is 1.81 bits per heavy atom. The van der Waals surface area contributed by atoms with Crippen molar-refractivity contribution < 1.29 is 22.7 Å². The van der Waals surface area contributed by atoms with Crippen LogP contribution in [0.1, 0.15) is 22.3 Å². The van der Waals surface area contributed by atoms with E-state index in [1.807, 2.05) is 31.2 Å². The standard InChI is InChI=1S/C19H19NO5S2/c1-14-6-8-15(9-7-14)26-13-10-18(21)25-12-11-20-19(22)16-4-2-3-5-17(16)27(20,23)24/h2-9H,10-13H2,1H3. The predicted octanol–water partition coefficient (Wildman–Crippen LogP) is 2.87. The van der Waals surface area contributed by atoms with Gasteiger partial charge in [0, 0.05) is 10.6 Å². The highest BCUT2D eigenvalue weighted by Gasteiger charge is 2.40. The number of ether oxygens (including phenoxy) is 1. The molecule has 0 aliphatic carbocycles. The van der Waals surface area contributed by atoms with Gasteiger partial charge in [0.05, 0.1) is 18.5 Å². The highest BCUT2D eigenvalue weighted by Crippen LogP contribution is 2.29. The molecule has 1 aliphatic rings. The number of sulfonamides is 1. The minimum absolute atomic E-state index is 0.00387. The largest absolute Gasteiger partial charge is 0.464 e. The molecule has 0 atom stereocenters. The minimum atomic E-state index is -3.86. The van der Waals surface area contributed by atoms with Crippen LogP contribution in [0.5, 0.6) is 0 Å². The average molecular weight is 405 g/mol. The van der Waals surface area contributed by atoms with Crippen LogP contribution in [0.25, 0.3) is 0 Å². The molecule has 0 N–H and O–H groups in total. The number of hydrogen-bond donors (Lipinski definition) is 0. The third-order valence-corrected chi connectivity index (χ3v) is 6.92. The van der Waals surface area contributed by atoms with Gasteiger partial charge in [-0.15, -0.1) is 11.8 Å². The normalized spacial score (nSPS) is 14.9. The molecule has 0 spiro atoms. The first-order chi connectivity index (χ1) is 12.9. The fourth-order valence-electron chi connectivity index (χ4n) is 2.65. The molecule has 1 heterocycles. The molecule has 0 radical (unpaired) electrons. The Labute approximate surface area is 162 Å². The van der Waals surface area contributed by atoms with Crippen molar-refractivity contribution in [1.29, 1.82) is 0 Å². The third-order valence-electron chi connectivity index (χ3n) is 4.07. The van der Waals surface area contributed by atoms with E-state index in [-0.39, 0.29) is 30.0 Å². The van der Waals surface area contributed by atoms with Gasteiger partial charge in [0.2, 0.25) is 0 Å². The van der Waals surface area contributed by atoms with E-state index in [4.69, 9.17) is 4.74 Å². The molecular weight excluding hydrogens is 386 g/mol. The van der Waals surface area contributed by atoms with E-state index < -0.39 is 21.9 Å². The lowest BCUT2D eigenvalue weighted by atomic mass is 10.2. The lowest BCUT2D eigenvalue weighted by Gasteiger charge is -2.15. The molecule has 0 saturated heterocycles. The zero-order valence-corrected chi connectivity index (χ0v) is 16.4. The number of carbonyl (C=O) groups excluding carboxylic acids is 2. The van der Waals surface area contributed by atoms with Crippen LogP contribution in [0.15, 0.2) is 58.3 Å². The van der Waals surface area contributed by atoms with Gasteiger partial charge < -0.3 is 4.74 Å². The Morgan fingerprint density at radius 1 is 1.11 bits per heavy atom. The summed E-state index contributed by atoms with van der Waals surface area (Å²) in [5, 5.41) is 0. The molecule has 1 amide bonds. The van der Waals surface area contributed by atoms with Crippen LogP contribution in [0, 0.1) is 6.92 Å². The van der Waals surface area contributed by atoms with Crippen LogP contribution in [0.2, 0.25) is 0 Å². The van der Waals surface area contributed by atoms with Gasteiger partial charge in [-0.1, -0.05) is 29.8 Å². The number of amides is 1. The molecule has 2 aromatic rings. The highest BCUT2D eigenvalue weighted by molar-refractivity contribution is 7.99. The average Bonchev–Trinajstić information content (AvgIpc) is 2.84. The van der Waals surface area contributed by atoms with E-state index in [9.17, 15) is 18.0 Å². The first kappa shape index (κ1) is 19.4. The van der Waals surface area contributed by atoms with Gasteiger partial charge in [-0.2, -0.15) is 0 Å². The number of thioether (sulfide) groups is 1. The molecule has 0 saturated carbocycles. The number of hydrogen-bond acceptors (Lipinski definition) is 6. The predicted molar refractivity (Wildman–Crippen MR) is 102 cm³/mol. The van der Waals surface area contributed by atoms with Gasteiger partial charge in [0.25, 0.3) is 15.9 Å². The Bertz CT molecular complexity index is 954. The fourth-order valence-corrected chi connectivity index (χ4v) is 5.04. The van der Waals surface area contributed by atoms with Gasteiger partial charge in [0.15, 0.2) is 0 Å². The summed E-state index contributed by atoms with van der Waals surface area (Å²) >= 11 is 1.55.